The Morgan fingerprint density at radius 3 is 2.47 bits per heavy atom. The van der Waals surface area contributed by atoms with Crippen molar-refractivity contribution in [3.05, 3.63) is 65.2 Å². The molecule has 172 valence electrons. The molecule has 0 aliphatic rings. The second-order valence-electron chi connectivity index (χ2n) is 8.16. The third-order valence-corrected chi connectivity index (χ3v) is 4.21. The first-order valence-corrected chi connectivity index (χ1v) is 10.3. The highest BCUT2D eigenvalue weighted by atomic mass is 16.6. The Hall–Kier alpha value is -3.39. The maximum absolute atomic E-state index is 12.6. The molecule has 0 aliphatic carbocycles. The van der Waals surface area contributed by atoms with Gasteiger partial charge in [-0.05, 0) is 62.6 Å². The van der Waals surface area contributed by atoms with Gasteiger partial charge >= 0.3 is 6.09 Å². The molecule has 8 nitrogen and oxygen atoms in total. The van der Waals surface area contributed by atoms with E-state index in [4.69, 9.17) is 14.2 Å². The van der Waals surface area contributed by atoms with Gasteiger partial charge in [0.25, 0.3) is 5.91 Å². The van der Waals surface area contributed by atoms with Crippen molar-refractivity contribution in [2.45, 2.75) is 45.9 Å². The topological polar surface area (TPSA) is 98.3 Å². The fourth-order valence-corrected chi connectivity index (χ4v) is 2.73. The molecule has 0 spiro atoms. The molecule has 2 N–H and O–H groups in total. The SMILES string of the molecule is COc1ccc(/C=N\NC(=O)[C@H](COCc2ccccc2)NC(=O)OC(C)(C)C)cc1C. The van der Waals surface area contributed by atoms with Gasteiger partial charge < -0.3 is 19.5 Å². The molecule has 0 heterocycles. The van der Waals surface area contributed by atoms with Gasteiger partial charge in [0.2, 0.25) is 0 Å². The van der Waals surface area contributed by atoms with Gasteiger partial charge in [0.05, 0.1) is 26.5 Å². The molecular weight excluding hydrogens is 410 g/mol. The largest absolute Gasteiger partial charge is 0.496 e. The monoisotopic (exact) mass is 441 g/mol. The van der Waals surface area contributed by atoms with Crippen LogP contribution in [0.25, 0.3) is 0 Å². The van der Waals surface area contributed by atoms with Crippen molar-refractivity contribution in [2.24, 2.45) is 5.10 Å². The molecule has 0 aromatic heterocycles. The number of nitrogens with zero attached hydrogens (tertiary/aromatic N) is 1. The van der Waals surface area contributed by atoms with Crippen LogP contribution in [0, 0.1) is 6.92 Å². The van der Waals surface area contributed by atoms with E-state index in [1.54, 1.807) is 27.9 Å². The van der Waals surface area contributed by atoms with Crippen molar-refractivity contribution in [1.82, 2.24) is 10.7 Å². The van der Waals surface area contributed by atoms with Crippen molar-refractivity contribution in [3.8, 4) is 5.75 Å². The van der Waals surface area contributed by atoms with Gasteiger partial charge in [0, 0.05) is 0 Å². The van der Waals surface area contributed by atoms with Crippen LogP contribution >= 0.6 is 0 Å². The molecule has 2 aromatic carbocycles. The lowest BCUT2D eigenvalue weighted by Gasteiger charge is -2.22. The predicted molar refractivity (Wildman–Crippen MR) is 123 cm³/mol. The van der Waals surface area contributed by atoms with Crippen LogP contribution in [0.2, 0.25) is 0 Å². The Morgan fingerprint density at radius 2 is 1.84 bits per heavy atom. The summed E-state index contributed by atoms with van der Waals surface area (Å²) in [5, 5.41) is 6.54. The lowest BCUT2D eigenvalue weighted by Crippen LogP contribution is -2.49. The summed E-state index contributed by atoms with van der Waals surface area (Å²) < 4.78 is 16.1. The van der Waals surface area contributed by atoms with E-state index >= 15 is 0 Å². The van der Waals surface area contributed by atoms with E-state index in [2.05, 4.69) is 15.8 Å². The number of aryl methyl sites for hydroxylation is 1. The average molecular weight is 442 g/mol. The third kappa shape index (κ3) is 8.77. The zero-order chi connectivity index (χ0) is 23.6. The van der Waals surface area contributed by atoms with Crippen LogP contribution in [0.15, 0.2) is 53.6 Å². The van der Waals surface area contributed by atoms with Crippen LogP contribution in [-0.2, 0) is 20.9 Å². The molecule has 0 saturated carbocycles. The molecule has 2 amide bonds. The predicted octanol–water partition coefficient (Wildman–Crippen LogP) is 3.56. The number of amides is 2. The number of alkyl carbamates (subject to hydrolysis) is 1. The lowest BCUT2D eigenvalue weighted by molar-refractivity contribution is -0.124. The number of hydrogen-bond acceptors (Lipinski definition) is 6. The number of methoxy groups -OCH3 is 1. The summed E-state index contributed by atoms with van der Waals surface area (Å²) in [6.45, 7) is 7.41. The molecular formula is C24H31N3O5. The van der Waals surface area contributed by atoms with E-state index in [0.29, 0.717) is 6.61 Å². The van der Waals surface area contributed by atoms with Crippen molar-refractivity contribution in [2.75, 3.05) is 13.7 Å². The van der Waals surface area contributed by atoms with Crippen molar-refractivity contribution < 1.29 is 23.8 Å². The molecule has 1 atom stereocenters. The molecule has 2 rings (SSSR count). The molecule has 0 saturated heterocycles. The van der Waals surface area contributed by atoms with Gasteiger partial charge in [-0.15, -0.1) is 0 Å². The molecule has 0 fully saturated rings. The molecule has 0 unspecified atom stereocenters. The highest BCUT2D eigenvalue weighted by Crippen LogP contribution is 2.17. The number of rotatable bonds is 9. The number of carbonyl (C=O) groups is 2. The normalized spacial score (nSPS) is 12.3. The summed E-state index contributed by atoms with van der Waals surface area (Å²) in [6, 6.07) is 14.1. The minimum absolute atomic E-state index is 0.0445. The van der Waals surface area contributed by atoms with Crippen LogP contribution in [0.5, 0.6) is 5.75 Å². The fourth-order valence-electron chi connectivity index (χ4n) is 2.73. The zero-order valence-corrected chi connectivity index (χ0v) is 19.2. The molecule has 8 heteroatoms. The minimum atomic E-state index is -0.983. The van der Waals surface area contributed by atoms with Gasteiger partial charge in [0.15, 0.2) is 0 Å². The van der Waals surface area contributed by atoms with Crippen LogP contribution in [-0.4, -0.2) is 43.6 Å². The smallest absolute Gasteiger partial charge is 0.408 e. The first-order valence-electron chi connectivity index (χ1n) is 10.3. The highest BCUT2D eigenvalue weighted by molar-refractivity contribution is 5.87. The van der Waals surface area contributed by atoms with Crippen LogP contribution in [0.4, 0.5) is 4.79 Å². The average Bonchev–Trinajstić information content (AvgIpc) is 2.72. The molecule has 0 aliphatic heterocycles. The summed E-state index contributed by atoms with van der Waals surface area (Å²) in [5.74, 6) is 0.244. The Bertz CT molecular complexity index is 923. The first-order chi connectivity index (χ1) is 15.2. The fraction of sp³-hybridized carbons (Fsp3) is 0.375. The molecule has 32 heavy (non-hydrogen) atoms. The second-order valence-corrected chi connectivity index (χ2v) is 8.16. The number of benzene rings is 2. The van der Waals surface area contributed by atoms with Crippen LogP contribution in [0.1, 0.15) is 37.5 Å². The number of hydrogen-bond donors (Lipinski definition) is 2. The van der Waals surface area contributed by atoms with Crippen molar-refractivity contribution in [3.63, 3.8) is 0 Å². The van der Waals surface area contributed by atoms with Crippen molar-refractivity contribution >= 4 is 18.2 Å². The van der Waals surface area contributed by atoms with Gasteiger partial charge in [0.1, 0.15) is 17.4 Å². The van der Waals surface area contributed by atoms with E-state index in [1.807, 2.05) is 55.5 Å². The molecule has 0 radical (unpaired) electrons. The summed E-state index contributed by atoms with van der Waals surface area (Å²) in [7, 11) is 1.61. The maximum atomic E-state index is 12.6. The standard InChI is InChI=1S/C24H31N3O5/c1-17-13-19(11-12-21(17)30-5)14-25-27-22(28)20(26-23(29)32-24(2,3)4)16-31-15-18-9-7-6-8-10-18/h6-14,20H,15-16H2,1-5H3,(H,26,29)(H,27,28)/b25-14-/t20-/m0/s1. The molecule has 2 aromatic rings. The van der Waals surface area contributed by atoms with Crippen LogP contribution in [0.3, 0.4) is 0 Å². The Morgan fingerprint density at radius 1 is 1.12 bits per heavy atom. The third-order valence-electron chi connectivity index (χ3n) is 4.21. The van der Waals surface area contributed by atoms with Crippen molar-refractivity contribution in [1.29, 1.82) is 0 Å². The Balaban J connectivity index is 1.99. The first kappa shape index (κ1) is 24.9. The van der Waals surface area contributed by atoms with Gasteiger partial charge in [-0.2, -0.15) is 5.10 Å². The number of ether oxygens (including phenoxy) is 3. The summed E-state index contributed by atoms with van der Waals surface area (Å²) in [5.41, 5.74) is 4.44. The number of nitrogens with one attached hydrogen (secondary N) is 2. The minimum Gasteiger partial charge on any atom is -0.496 e. The Kier molecular flexibility index (Phi) is 9.22. The summed E-state index contributed by atoms with van der Waals surface area (Å²) in [4.78, 5) is 24.8. The summed E-state index contributed by atoms with van der Waals surface area (Å²) >= 11 is 0. The van der Waals surface area contributed by atoms with Gasteiger partial charge in [-0.3, -0.25) is 4.79 Å². The zero-order valence-electron chi connectivity index (χ0n) is 19.2. The van der Waals surface area contributed by atoms with E-state index in [9.17, 15) is 9.59 Å². The molecule has 0 bridgehead atoms. The van der Waals surface area contributed by atoms with E-state index in [1.165, 1.54) is 6.21 Å². The Labute approximate surface area is 188 Å². The highest BCUT2D eigenvalue weighted by Gasteiger charge is 2.24. The van der Waals surface area contributed by atoms with E-state index in [0.717, 1.165) is 22.4 Å². The van der Waals surface area contributed by atoms with Gasteiger partial charge in [-0.1, -0.05) is 30.3 Å². The van der Waals surface area contributed by atoms with Crippen LogP contribution < -0.4 is 15.5 Å². The number of hydrazone groups is 1. The number of carbonyl (C=O) groups excluding carboxylic acids is 2. The van der Waals surface area contributed by atoms with E-state index < -0.39 is 23.6 Å². The van der Waals surface area contributed by atoms with E-state index in [-0.39, 0.29) is 6.61 Å². The lowest BCUT2D eigenvalue weighted by atomic mass is 10.1. The van der Waals surface area contributed by atoms with Gasteiger partial charge in [-0.25, -0.2) is 10.2 Å². The second kappa shape index (κ2) is 11.9. The quantitative estimate of drug-likeness (QED) is 0.458. The summed E-state index contributed by atoms with van der Waals surface area (Å²) in [6.07, 6.45) is 0.801. The maximum Gasteiger partial charge on any atom is 0.408 e.